The Labute approximate surface area is 257 Å². The van der Waals surface area contributed by atoms with E-state index in [1.54, 1.807) is 14.2 Å². The molecule has 1 aromatic carbocycles. The summed E-state index contributed by atoms with van der Waals surface area (Å²) in [6, 6.07) is 7.32. The van der Waals surface area contributed by atoms with Crippen LogP contribution >= 0.6 is 0 Å². The lowest BCUT2D eigenvalue weighted by Crippen LogP contribution is -2.42. The zero-order valence-electron chi connectivity index (χ0n) is 26.7. The molecule has 9 heteroatoms. The molecule has 0 aliphatic carbocycles. The molecule has 0 spiro atoms. The van der Waals surface area contributed by atoms with Crippen molar-refractivity contribution in [2.45, 2.75) is 97.6 Å². The monoisotopic (exact) mass is 601 g/mol. The van der Waals surface area contributed by atoms with Gasteiger partial charge in [0.05, 0.1) is 13.2 Å². The summed E-state index contributed by atoms with van der Waals surface area (Å²) in [6.45, 7) is 8.84. The number of benzene rings is 1. The number of nitrogens with one attached hydrogen (secondary N) is 1. The topological polar surface area (TPSA) is 109 Å². The maximum Gasteiger partial charge on any atom is 0.407 e. The highest BCUT2D eigenvalue weighted by Gasteiger charge is 2.37. The van der Waals surface area contributed by atoms with Crippen LogP contribution in [0.3, 0.4) is 0 Å². The molecule has 2 rings (SSSR count). The van der Waals surface area contributed by atoms with Crippen molar-refractivity contribution in [1.82, 2.24) is 5.32 Å². The number of unbranched alkanes of at least 4 members (excludes halogenated alkanes) is 2. The quantitative estimate of drug-likeness (QED) is 0.0824. The molecule has 0 unspecified atom stereocenters. The summed E-state index contributed by atoms with van der Waals surface area (Å²) in [7, 11) is 3.29. The summed E-state index contributed by atoms with van der Waals surface area (Å²) >= 11 is 0. The van der Waals surface area contributed by atoms with E-state index in [9.17, 15) is 14.4 Å². The fourth-order valence-corrected chi connectivity index (χ4v) is 5.40. The summed E-state index contributed by atoms with van der Waals surface area (Å²) in [5, 5.41) is 2.75. The average molecular weight is 602 g/mol. The molecular weight excluding hydrogens is 550 g/mol. The number of hydrogen-bond donors (Lipinski definition) is 1. The van der Waals surface area contributed by atoms with Crippen molar-refractivity contribution in [3.8, 4) is 5.75 Å². The van der Waals surface area contributed by atoms with Crippen molar-refractivity contribution in [3.63, 3.8) is 0 Å². The summed E-state index contributed by atoms with van der Waals surface area (Å²) < 4.78 is 28.0. The first-order valence-electron chi connectivity index (χ1n) is 15.5. The molecule has 1 aromatic rings. The van der Waals surface area contributed by atoms with Crippen LogP contribution in [-0.2, 0) is 35.1 Å². The van der Waals surface area contributed by atoms with Gasteiger partial charge in [-0.05, 0) is 56.2 Å². The van der Waals surface area contributed by atoms with Crippen LogP contribution in [0.2, 0.25) is 0 Å². The van der Waals surface area contributed by atoms with Crippen molar-refractivity contribution in [1.29, 1.82) is 0 Å². The Hall–Kier alpha value is -3.33. The van der Waals surface area contributed by atoms with Gasteiger partial charge in [-0.1, -0.05) is 57.6 Å². The van der Waals surface area contributed by atoms with E-state index in [2.05, 4.69) is 25.2 Å². The zero-order valence-corrected chi connectivity index (χ0v) is 26.7. The number of rotatable bonds is 19. The highest BCUT2D eigenvalue weighted by atomic mass is 16.6. The van der Waals surface area contributed by atoms with Crippen LogP contribution in [0, 0.1) is 17.8 Å². The molecule has 1 N–H and O–H groups in total. The predicted molar refractivity (Wildman–Crippen MR) is 166 cm³/mol. The number of alkyl carbamates (subject to hydrolysis) is 1. The number of cyclic esters (lactones) is 1. The minimum absolute atomic E-state index is 0.0722. The van der Waals surface area contributed by atoms with E-state index in [-0.39, 0.29) is 54.9 Å². The van der Waals surface area contributed by atoms with Gasteiger partial charge in [0.1, 0.15) is 24.6 Å². The summed E-state index contributed by atoms with van der Waals surface area (Å²) in [5.41, 5.74) is 0.870. The van der Waals surface area contributed by atoms with Crippen LogP contribution in [0.5, 0.6) is 5.75 Å². The van der Waals surface area contributed by atoms with Gasteiger partial charge >= 0.3 is 18.0 Å². The molecule has 0 radical (unpaired) electrons. The summed E-state index contributed by atoms with van der Waals surface area (Å²) in [6.07, 6.45) is 10.5. The number of hydrogen-bond acceptors (Lipinski definition) is 8. The van der Waals surface area contributed by atoms with E-state index in [1.165, 1.54) is 6.08 Å². The third kappa shape index (κ3) is 12.8. The number of carbonyl (C=O) groups is 3. The Kier molecular flexibility index (Phi) is 16.5. The lowest BCUT2D eigenvalue weighted by Gasteiger charge is -2.36. The van der Waals surface area contributed by atoms with Gasteiger partial charge in [-0.15, -0.1) is 0 Å². The molecule has 0 aromatic heterocycles. The van der Waals surface area contributed by atoms with Gasteiger partial charge in [0, 0.05) is 44.4 Å². The third-order valence-electron chi connectivity index (χ3n) is 7.98. The Morgan fingerprint density at radius 1 is 1.09 bits per heavy atom. The second kappa shape index (κ2) is 19.8. The van der Waals surface area contributed by atoms with E-state index in [1.807, 2.05) is 50.3 Å². The second-order valence-electron chi connectivity index (χ2n) is 11.2. The smallest absolute Gasteiger partial charge is 0.407 e. The predicted octanol–water partition coefficient (Wildman–Crippen LogP) is 6.54. The first kappa shape index (κ1) is 35.9. The van der Waals surface area contributed by atoms with Crippen LogP contribution in [0.15, 0.2) is 48.6 Å². The second-order valence-corrected chi connectivity index (χ2v) is 11.2. The molecule has 0 saturated heterocycles. The van der Waals surface area contributed by atoms with Crippen molar-refractivity contribution >= 4 is 18.0 Å². The standard InChI is InChI=1S/C34H51NO8/c1-7-9-13-24(3)33(40-6)25(4)29(22-30-27(8-2)17-20-32(37)43-30)42-31(36)14-11-10-12-21-35-34(38)41-23-26-15-18-28(39-5)19-16-26/h7,9,15-20,24-25,27,29-30,33H,8,10-14,21-23H2,1-6H3,(H,35,38)/b9-7+/t24-,25-,27+,29+,30+,33+/m0/s1. The van der Waals surface area contributed by atoms with Gasteiger partial charge in [-0.25, -0.2) is 9.59 Å². The molecule has 240 valence electrons. The number of ether oxygens (including phenoxy) is 5. The minimum Gasteiger partial charge on any atom is -0.497 e. The molecule has 6 atom stereocenters. The van der Waals surface area contributed by atoms with E-state index < -0.39 is 12.2 Å². The number of esters is 2. The number of allylic oxidation sites excluding steroid dienone is 2. The maximum atomic E-state index is 13.0. The highest BCUT2D eigenvalue weighted by Crippen LogP contribution is 2.31. The van der Waals surface area contributed by atoms with E-state index in [0.29, 0.717) is 25.8 Å². The minimum atomic E-state index is -0.480. The van der Waals surface area contributed by atoms with Crippen molar-refractivity contribution < 1.29 is 38.1 Å². The van der Waals surface area contributed by atoms with Gasteiger partial charge < -0.3 is 29.0 Å². The van der Waals surface area contributed by atoms with Crippen molar-refractivity contribution in [3.05, 3.63) is 54.1 Å². The van der Waals surface area contributed by atoms with Crippen LogP contribution in [0.1, 0.15) is 78.2 Å². The van der Waals surface area contributed by atoms with Crippen LogP contribution in [-0.4, -0.2) is 57.1 Å². The third-order valence-corrected chi connectivity index (χ3v) is 7.98. The molecule has 0 fully saturated rings. The molecule has 1 aliphatic rings. The van der Waals surface area contributed by atoms with E-state index in [4.69, 9.17) is 23.7 Å². The first-order valence-corrected chi connectivity index (χ1v) is 15.5. The summed E-state index contributed by atoms with van der Waals surface area (Å²) in [5.74, 6) is 0.269. The Bertz CT molecular complexity index is 1040. The normalized spacial score (nSPS) is 19.3. The Morgan fingerprint density at radius 2 is 1.84 bits per heavy atom. The maximum absolute atomic E-state index is 13.0. The van der Waals surface area contributed by atoms with Crippen LogP contribution in [0.25, 0.3) is 0 Å². The average Bonchev–Trinajstić information content (AvgIpc) is 3.00. The lowest BCUT2D eigenvalue weighted by molar-refractivity contribution is -0.162. The number of methoxy groups -OCH3 is 2. The fraction of sp³-hybridized carbons (Fsp3) is 0.618. The Morgan fingerprint density at radius 3 is 2.49 bits per heavy atom. The molecular formula is C34H51NO8. The first-order chi connectivity index (χ1) is 20.7. The van der Waals surface area contributed by atoms with Crippen LogP contribution < -0.4 is 10.1 Å². The van der Waals surface area contributed by atoms with Crippen LogP contribution in [0.4, 0.5) is 4.79 Å². The SMILES string of the molecule is C/C=C/C[C@H](C)[C@@H](OC)[C@@H](C)[C@@H](C[C@H]1OC(=O)C=C[C@H]1CC)OC(=O)CCCCCNC(=O)OCc1ccc(OC)cc1. The van der Waals surface area contributed by atoms with Gasteiger partial charge in [0.2, 0.25) is 0 Å². The number of carbonyl (C=O) groups excluding carboxylic acids is 3. The molecule has 1 heterocycles. The fourth-order valence-electron chi connectivity index (χ4n) is 5.40. The van der Waals surface area contributed by atoms with Gasteiger partial charge in [-0.3, -0.25) is 4.79 Å². The van der Waals surface area contributed by atoms with E-state index >= 15 is 0 Å². The van der Waals surface area contributed by atoms with Gasteiger partial charge in [-0.2, -0.15) is 0 Å². The molecule has 1 amide bonds. The molecule has 9 nitrogen and oxygen atoms in total. The summed E-state index contributed by atoms with van der Waals surface area (Å²) in [4.78, 5) is 37.0. The van der Waals surface area contributed by atoms with E-state index in [0.717, 1.165) is 30.6 Å². The Balaban J connectivity index is 1.84. The molecule has 0 bridgehead atoms. The number of amides is 1. The van der Waals surface area contributed by atoms with Gasteiger partial charge in [0.15, 0.2) is 0 Å². The molecule has 1 aliphatic heterocycles. The molecule has 43 heavy (non-hydrogen) atoms. The largest absolute Gasteiger partial charge is 0.497 e. The lowest BCUT2D eigenvalue weighted by atomic mass is 9.83. The highest BCUT2D eigenvalue weighted by molar-refractivity contribution is 5.83. The van der Waals surface area contributed by atoms with Crippen molar-refractivity contribution in [2.75, 3.05) is 20.8 Å². The van der Waals surface area contributed by atoms with Crippen molar-refractivity contribution in [2.24, 2.45) is 17.8 Å². The van der Waals surface area contributed by atoms with Gasteiger partial charge in [0.25, 0.3) is 0 Å². The molecule has 0 saturated carbocycles. The zero-order chi connectivity index (χ0) is 31.6.